The highest BCUT2D eigenvalue weighted by molar-refractivity contribution is 6.30. The molecule has 3 rings (SSSR count). The number of imide groups is 1. The molecule has 1 aromatic rings. The zero-order valence-corrected chi connectivity index (χ0v) is 12.9. The molecule has 1 heterocycles. The Balaban J connectivity index is 1.97. The molecule has 2 fully saturated rings. The van der Waals surface area contributed by atoms with E-state index in [9.17, 15) is 9.59 Å². The predicted molar refractivity (Wildman–Crippen MR) is 77.4 cm³/mol. The number of carbonyl (C=O) groups is 2. The Morgan fingerprint density at radius 3 is 2.15 bits per heavy atom. The summed E-state index contributed by atoms with van der Waals surface area (Å²) in [6, 6.07) is 7.49. The van der Waals surface area contributed by atoms with Gasteiger partial charge in [-0.2, -0.15) is 0 Å². The van der Waals surface area contributed by atoms with Crippen LogP contribution in [-0.4, -0.2) is 22.3 Å². The van der Waals surface area contributed by atoms with E-state index in [0.717, 1.165) is 5.56 Å². The lowest BCUT2D eigenvalue weighted by molar-refractivity contribution is -0.147. The molecule has 2 aliphatic rings. The second-order valence-corrected chi connectivity index (χ2v) is 7.37. The molecule has 0 spiro atoms. The molecule has 2 amide bonds. The Labute approximate surface area is 123 Å². The summed E-state index contributed by atoms with van der Waals surface area (Å²) in [4.78, 5) is 26.5. The summed E-state index contributed by atoms with van der Waals surface area (Å²) < 4.78 is 0. The van der Waals surface area contributed by atoms with Crippen molar-refractivity contribution >= 4 is 23.4 Å². The Morgan fingerprint density at radius 2 is 1.70 bits per heavy atom. The summed E-state index contributed by atoms with van der Waals surface area (Å²) >= 11 is 6.03. The summed E-state index contributed by atoms with van der Waals surface area (Å²) in [5.41, 5.74) is 0.146. The van der Waals surface area contributed by atoms with E-state index in [1.165, 1.54) is 4.90 Å². The summed E-state index contributed by atoms with van der Waals surface area (Å²) in [6.07, 6.45) is 0. The quantitative estimate of drug-likeness (QED) is 0.746. The maximum absolute atomic E-state index is 12.6. The fourth-order valence-electron chi connectivity index (χ4n) is 3.54. The summed E-state index contributed by atoms with van der Waals surface area (Å²) in [7, 11) is 0. The lowest BCUT2D eigenvalue weighted by atomic mass is 9.91. The van der Waals surface area contributed by atoms with Gasteiger partial charge in [0.1, 0.15) is 0 Å². The fraction of sp³-hybridized carbons (Fsp3) is 0.500. The van der Waals surface area contributed by atoms with Crippen LogP contribution in [0.3, 0.4) is 0 Å². The molecular formula is C16H18ClNO2. The normalized spacial score (nSPS) is 32.5. The molecule has 1 aromatic carbocycles. The van der Waals surface area contributed by atoms with Gasteiger partial charge in [-0.15, -0.1) is 0 Å². The molecule has 20 heavy (non-hydrogen) atoms. The van der Waals surface area contributed by atoms with Gasteiger partial charge in [0.15, 0.2) is 0 Å². The standard InChI is InChI=1S/C16H18ClNO2/c1-15(2,3)18-13(19)11-12(14(18)20)16(11,4)9-6-5-7-10(17)8-9/h5-8,11-12H,1-4H3/t11-,12+,16?. The number of hydrogen-bond donors (Lipinski definition) is 0. The molecule has 3 atom stereocenters. The van der Waals surface area contributed by atoms with E-state index >= 15 is 0 Å². The van der Waals surface area contributed by atoms with Crippen molar-refractivity contribution in [3.05, 3.63) is 34.9 Å². The van der Waals surface area contributed by atoms with Crippen LogP contribution < -0.4 is 0 Å². The van der Waals surface area contributed by atoms with Crippen LogP contribution in [-0.2, 0) is 15.0 Å². The van der Waals surface area contributed by atoms with Crippen molar-refractivity contribution in [2.45, 2.75) is 38.6 Å². The van der Waals surface area contributed by atoms with Gasteiger partial charge in [-0.3, -0.25) is 14.5 Å². The predicted octanol–water partition coefficient (Wildman–Crippen LogP) is 3.01. The number of benzene rings is 1. The molecule has 4 heteroatoms. The monoisotopic (exact) mass is 291 g/mol. The van der Waals surface area contributed by atoms with Gasteiger partial charge in [0.2, 0.25) is 11.8 Å². The third-order valence-corrected chi connectivity index (χ3v) is 4.84. The van der Waals surface area contributed by atoms with E-state index in [4.69, 9.17) is 11.6 Å². The van der Waals surface area contributed by atoms with Crippen LogP contribution in [0.4, 0.5) is 0 Å². The molecule has 1 saturated heterocycles. The zero-order valence-electron chi connectivity index (χ0n) is 12.1. The Bertz CT molecular complexity index is 595. The first kappa shape index (κ1) is 13.6. The number of halogens is 1. The van der Waals surface area contributed by atoms with Crippen molar-refractivity contribution < 1.29 is 9.59 Å². The van der Waals surface area contributed by atoms with Gasteiger partial charge in [-0.05, 0) is 38.5 Å². The van der Waals surface area contributed by atoms with Crippen molar-refractivity contribution in [2.24, 2.45) is 11.8 Å². The third-order valence-electron chi connectivity index (χ3n) is 4.61. The summed E-state index contributed by atoms with van der Waals surface area (Å²) in [5, 5.41) is 0.640. The first-order chi connectivity index (χ1) is 9.19. The molecule has 1 aliphatic carbocycles. The van der Waals surface area contributed by atoms with Crippen LogP contribution >= 0.6 is 11.6 Å². The Kier molecular flexibility index (Phi) is 2.62. The smallest absolute Gasteiger partial charge is 0.234 e. The van der Waals surface area contributed by atoms with Crippen LogP contribution in [0.2, 0.25) is 5.02 Å². The molecule has 0 radical (unpaired) electrons. The molecule has 1 aliphatic heterocycles. The topological polar surface area (TPSA) is 37.4 Å². The highest BCUT2D eigenvalue weighted by Crippen LogP contribution is 2.65. The van der Waals surface area contributed by atoms with E-state index in [2.05, 4.69) is 0 Å². The van der Waals surface area contributed by atoms with Crippen molar-refractivity contribution in [3.8, 4) is 0 Å². The highest BCUT2D eigenvalue weighted by atomic mass is 35.5. The van der Waals surface area contributed by atoms with Gasteiger partial charge in [-0.25, -0.2) is 0 Å². The van der Waals surface area contributed by atoms with Crippen LogP contribution in [0.25, 0.3) is 0 Å². The van der Waals surface area contributed by atoms with Crippen molar-refractivity contribution in [3.63, 3.8) is 0 Å². The third kappa shape index (κ3) is 1.59. The molecular weight excluding hydrogens is 274 g/mol. The molecule has 0 bridgehead atoms. The number of carbonyl (C=O) groups excluding carboxylic acids is 2. The fourth-order valence-corrected chi connectivity index (χ4v) is 3.73. The molecule has 1 unspecified atom stereocenters. The molecule has 106 valence electrons. The SMILES string of the molecule is CC1(c2cccc(Cl)c2)[C@@H]2C(=O)N(C(C)(C)C)C(=O)[C@@H]21. The lowest BCUT2D eigenvalue weighted by Gasteiger charge is -2.33. The maximum atomic E-state index is 12.6. The van der Waals surface area contributed by atoms with Gasteiger partial charge in [-0.1, -0.05) is 30.7 Å². The van der Waals surface area contributed by atoms with Crippen LogP contribution in [0.1, 0.15) is 33.3 Å². The highest BCUT2D eigenvalue weighted by Gasteiger charge is 2.76. The Morgan fingerprint density at radius 1 is 1.15 bits per heavy atom. The Hall–Kier alpha value is -1.35. The molecule has 0 N–H and O–H groups in total. The van der Waals surface area contributed by atoms with E-state index in [0.29, 0.717) is 5.02 Å². The first-order valence-electron chi connectivity index (χ1n) is 6.83. The van der Waals surface area contributed by atoms with E-state index in [1.54, 1.807) is 6.07 Å². The average molecular weight is 292 g/mol. The van der Waals surface area contributed by atoms with Crippen LogP contribution in [0, 0.1) is 11.8 Å². The van der Waals surface area contributed by atoms with Gasteiger partial charge in [0.05, 0.1) is 11.8 Å². The summed E-state index contributed by atoms with van der Waals surface area (Å²) in [6.45, 7) is 7.67. The molecule has 1 saturated carbocycles. The van der Waals surface area contributed by atoms with Crippen LogP contribution in [0.15, 0.2) is 24.3 Å². The van der Waals surface area contributed by atoms with E-state index in [-0.39, 0.29) is 29.1 Å². The second kappa shape index (κ2) is 3.85. The van der Waals surface area contributed by atoms with Gasteiger partial charge in [0, 0.05) is 16.0 Å². The largest absolute Gasteiger partial charge is 0.277 e. The van der Waals surface area contributed by atoms with Crippen molar-refractivity contribution in [1.29, 1.82) is 0 Å². The number of amides is 2. The van der Waals surface area contributed by atoms with Gasteiger partial charge < -0.3 is 0 Å². The first-order valence-corrected chi connectivity index (χ1v) is 7.21. The number of nitrogens with zero attached hydrogens (tertiary/aromatic N) is 1. The van der Waals surface area contributed by atoms with Crippen LogP contribution in [0.5, 0.6) is 0 Å². The van der Waals surface area contributed by atoms with E-state index < -0.39 is 5.54 Å². The van der Waals surface area contributed by atoms with Gasteiger partial charge in [0.25, 0.3) is 0 Å². The minimum Gasteiger partial charge on any atom is -0.277 e. The van der Waals surface area contributed by atoms with Crippen molar-refractivity contribution in [2.75, 3.05) is 0 Å². The lowest BCUT2D eigenvalue weighted by Crippen LogP contribution is -2.49. The van der Waals surface area contributed by atoms with Crippen molar-refractivity contribution in [1.82, 2.24) is 4.90 Å². The number of fused-ring (bicyclic) bond motifs is 1. The average Bonchev–Trinajstić information content (AvgIpc) is 2.84. The number of rotatable bonds is 1. The second-order valence-electron chi connectivity index (χ2n) is 6.93. The molecule has 0 aromatic heterocycles. The minimum atomic E-state index is -0.448. The van der Waals surface area contributed by atoms with Gasteiger partial charge >= 0.3 is 0 Å². The summed E-state index contributed by atoms with van der Waals surface area (Å²) in [5.74, 6) is -0.551. The van der Waals surface area contributed by atoms with E-state index in [1.807, 2.05) is 45.9 Å². The number of hydrogen-bond acceptors (Lipinski definition) is 2. The maximum Gasteiger partial charge on any atom is 0.234 e. The number of piperidine rings is 1. The number of likely N-dealkylation sites (tertiary alicyclic amines) is 1. The zero-order chi connectivity index (χ0) is 14.9. The minimum absolute atomic E-state index is 0.0463. The molecule has 3 nitrogen and oxygen atoms in total.